The highest BCUT2D eigenvalue weighted by atomic mass is 14.9. The van der Waals surface area contributed by atoms with Crippen LogP contribution in [-0.2, 0) is 25.7 Å². The molecular formula is C13H23N3. The van der Waals surface area contributed by atoms with Crippen LogP contribution in [0.15, 0.2) is 0 Å². The molecule has 0 bridgehead atoms. The van der Waals surface area contributed by atoms with Gasteiger partial charge >= 0.3 is 0 Å². The highest BCUT2D eigenvalue weighted by molar-refractivity contribution is 5.27. The predicted octanol–water partition coefficient (Wildman–Crippen LogP) is 2.06. The molecule has 1 aromatic heterocycles. The first kappa shape index (κ1) is 13.1. The number of rotatable bonds is 6. The Labute approximate surface area is 98.5 Å². The Morgan fingerprint density at radius 2 is 1.50 bits per heavy atom. The van der Waals surface area contributed by atoms with Gasteiger partial charge in [0.2, 0.25) is 0 Å². The summed E-state index contributed by atoms with van der Waals surface area (Å²) in [7, 11) is 0. The van der Waals surface area contributed by atoms with Crippen molar-refractivity contribution in [2.45, 2.75) is 52.9 Å². The van der Waals surface area contributed by atoms with Crippen molar-refractivity contribution in [2.75, 3.05) is 6.54 Å². The molecule has 3 nitrogen and oxygen atoms in total. The summed E-state index contributed by atoms with van der Waals surface area (Å²) in [6.07, 6.45) is 4.92. The zero-order valence-corrected chi connectivity index (χ0v) is 10.7. The summed E-state index contributed by atoms with van der Waals surface area (Å²) in [4.78, 5) is 9.28. The third-order valence-corrected chi connectivity index (χ3v) is 2.76. The molecule has 0 radical (unpaired) electrons. The average Bonchev–Trinajstić information content (AvgIpc) is 2.31. The van der Waals surface area contributed by atoms with Crippen molar-refractivity contribution in [3.05, 3.63) is 22.8 Å². The van der Waals surface area contributed by atoms with Crippen LogP contribution in [0.1, 0.15) is 50.0 Å². The molecule has 0 atom stereocenters. The van der Waals surface area contributed by atoms with Gasteiger partial charge in [0.15, 0.2) is 0 Å². The van der Waals surface area contributed by atoms with Gasteiger partial charge in [-0.2, -0.15) is 0 Å². The molecular weight excluding hydrogens is 198 g/mol. The standard InChI is InChI=1S/C13H23N3/c1-4-7-13-15-11(5-2)10(8-9-14)12(6-3)16-13/h4-9,14H2,1-3H3. The Morgan fingerprint density at radius 3 is 1.88 bits per heavy atom. The van der Waals surface area contributed by atoms with Crippen LogP contribution in [0, 0.1) is 0 Å². The number of nitrogens with zero attached hydrogens (tertiary/aromatic N) is 2. The molecule has 0 aliphatic heterocycles. The van der Waals surface area contributed by atoms with Crippen LogP contribution < -0.4 is 5.73 Å². The van der Waals surface area contributed by atoms with Gasteiger partial charge < -0.3 is 5.73 Å². The number of nitrogens with two attached hydrogens (primary N) is 1. The van der Waals surface area contributed by atoms with Crippen molar-refractivity contribution in [1.29, 1.82) is 0 Å². The first-order valence-electron chi connectivity index (χ1n) is 6.34. The Hall–Kier alpha value is -0.960. The fraction of sp³-hybridized carbons (Fsp3) is 0.692. The van der Waals surface area contributed by atoms with E-state index in [0.717, 1.165) is 37.9 Å². The van der Waals surface area contributed by atoms with Gasteiger partial charge in [-0.25, -0.2) is 9.97 Å². The highest BCUT2D eigenvalue weighted by Crippen LogP contribution is 2.14. The minimum absolute atomic E-state index is 0.677. The minimum Gasteiger partial charge on any atom is -0.330 e. The van der Waals surface area contributed by atoms with Gasteiger partial charge in [0.1, 0.15) is 5.82 Å². The summed E-state index contributed by atoms with van der Waals surface area (Å²) in [5.41, 5.74) is 9.32. The van der Waals surface area contributed by atoms with Crippen molar-refractivity contribution in [3.63, 3.8) is 0 Å². The second-order valence-corrected chi connectivity index (χ2v) is 4.01. The maximum Gasteiger partial charge on any atom is 0.128 e. The number of hydrogen-bond donors (Lipinski definition) is 1. The van der Waals surface area contributed by atoms with Gasteiger partial charge in [0, 0.05) is 17.8 Å². The topological polar surface area (TPSA) is 51.8 Å². The van der Waals surface area contributed by atoms with E-state index in [-0.39, 0.29) is 0 Å². The normalized spacial score (nSPS) is 10.8. The second-order valence-electron chi connectivity index (χ2n) is 4.01. The third-order valence-electron chi connectivity index (χ3n) is 2.76. The van der Waals surface area contributed by atoms with E-state index in [1.165, 1.54) is 17.0 Å². The van der Waals surface area contributed by atoms with Gasteiger partial charge in [-0.15, -0.1) is 0 Å². The van der Waals surface area contributed by atoms with E-state index in [0.29, 0.717) is 6.54 Å². The molecule has 0 saturated heterocycles. The SMILES string of the molecule is CCCc1nc(CC)c(CCN)c(CC)n1. The van der Waals surface area contributed by atoms with Crippen LogP contribution in [0.5, 0.6) is 0 Å². The van der Waals surface area contributed by atoms with Crippen molar-refractivity contribution in [1.82, 2.24) is 9.97 Å². The van der Waals surface area contributed by atoms with Gasteiger partial charge in [0.05, 0.1) is 0 Å². The molecule has 3 heteroatoms. The molecule has 90 valence electrons. The molecule has 1 rings (SSSR count). The van der Waals surface area contributed by atoms with E-state index >= 15 is 0 Å². The van der Waals surface area contributed by atoms with Gasteiger partial charge in [-0.1, -0.05) is 20.8 Å². The summed E-state index contributed by atoms with van der Waals surface area (Å²) < 4.78 is 0. The molecule has 2 N–H and O–H groups in total. The lowest BCUT2D eigenvalue weighted by Gasteiger charge is -2.12. The van der Waals surface area contributed by atoms with Crippen molar-refractivity contribution in [2.24, 2.45) is 5.73 Å². The number of aryl methyl sites for hydroxylation is 3. The smallest absolute Gasteiger partial charge is 0.128 e. The highest BCUT2D eigenvalue weighted by Gasteiger charge is 2.10. The molecule has 1 heterocycles. The van der Waals surface area contributed by atoms with E-state index in [1.54, 1.807) is 0 Å². The summed E-state index contributed by atoms with van der Waals surface area (Å²) in [5.74, 6) is 0.997. The number of hydrogen-bond acceptors (Lipinski definition) is 3. The first-order valence-corrected chi connectivity index (χ1v) is 6.34. The Balaban J connectivity index is 3.14. The second kappa shape index (κ2) is 6.59. The predicted molar refractivity (Wildman–Crippen MR) is 67.5 cm³/mol. The summed E-state index contributed by atoms with van der Waals surface area (Å²) in [6, 6.07) is 0. The minimum atomic E-state index is 0.677. The van der Waals surface area contributed by atoms with Crippen molar-refractivity contribution < 1.29 is 0 Å². The molecule has 1 aromatic rings. The lowest BCUT2D eigenvalue weighted by Crippen LogP contribution is -2.13. The molecule has 16 heavy (non-hydrogen) atoms. The average molecular weight is 221 g/mol. The Bertz CT molecular complexity index is 309. The monoisotopic (exact) mass is 221 g/mol. The van der Waals surface area contributed by atoms with E-state index in [9.17, 15) is 0 Å². The Morgan fingerprint density at radius 1 is 0.938 bits per heavy atom. The summed E-state index contributed by atoms with van der Waals surface area (Å²) in [6.45, 7) is 7.14. The van der Waals surface area contributed by atoms with E-state index < -0.39 is 0 Å². The lowest BCUT2D eigenvalue weighted by atomic mass is 10.0. The molecule has 0 amide bonds. The first-order chi connectivity index (χ1) is 7.76. The maximum atomic E-state index is 5.65. The number of aromatic nitrogens is 2. The van der Waals surface area contributed by atoms with Crippen LogP contribution >= 0.6 is 0 Å². The summed E-state index contributed by atoms with van der Waals surface area (Å²) in [5, 5.41) is 0. The molecule has 0 saturated carbocycles. The van der Waals surface area contributed by atoms with Crippen LogP contribution in [0.4, 0.5) is 0 Å². The van der Waals surface area contributed by atoms with Gasteiger partial charge in [-0.05, 0) is 37.8 Å². The fourth-order valence-electron chi connectivity index (χ4n) is 1.99. The van der Waals surface area contributed by atoms with E-state index in [4.69, 9.17) is 5.73 Å². The lowest BCUT2D eigenvalue weighted by molar-refractivity contribution is 0.763. The van der Waals surface area contributed by atoms with Gasteiger partial charge in [0.25, 0.3) is 0 Å². The maximum absolute atomic E-state index is 5.65. The van der Waals surface area contributed by atoms with Crippen LogP contribution in [0.25, 0.3) is 0 Å². The molecule has 0 aliphatic rings. The quantitative estimate of drug-likeness (QED) is 0.800. The summed E-state index contributed by atoms with van der Waals surface area (Å²) >= 11 is 0. The molecule has 0 aromatic carbocycles. The van der Waals surface area contributed by atoms with Crippen LogP contribution in [-0.4, -0.2) is 16.5 Å². The van der Waals surface area contributed by atoms with Crippen molar-refractivity contribution in [3.8, 4) is 0 Å². The third kappa shape index (κ3) is 3.01. The Kier molecular flexibility index (Phi) is 5.39. The van der Waals surface area contributed by atoms with Gasteiger partial charge in [-0.3, -0.25) is 0 Å². The molecule has 0 unspecified atom stereocenters. The molecule has 0 spiro atoms. The zero-order valence-electron chi connectivity index (χ0n) is 10.7. The van der Waals surface area contributed by atoms with Crippen LogP contribution in [0.3, 0.4) is 0 Å². The molecule has 0 fully saturated rings. The van der Waals surface area contributed by atoms with E-state index in [1.807, 2.05) is 0 Å². The largest absolute Gasteiger partial charge is 0.330 e. The van der Waals surface area contributed by atoms with E-state index in [2.05, 4.69) is 30.7 Å². The molecule has 0 aliphatic carbocycles. The van der Waals surface area contributed by atoms with Crippen LogP contribution in [0.2, 0.25) is 0 Å². The fourth-order valence-corrected chi connectivity index (χ4v) is 1.99. The zero-order chi connectivity index (χ0) is 12.0. The van der Waals surface area contributed by atoms with Crippen molar-refractivity contribution >= 4 is 0 Å².